The summed E-state index contributed by atoms with van der Waals surface area (Å²) in [5.74, 6) is 0. The van der Waals surface area contributed by atoms with Crippen LogP contribution >= 0.6 is 39.1 Å². The molecule has 0 fully saturated rings. The Morgan fingerprint density at radius 3 is 2.58 bits per heavy atom. The summed E-state index contributed by atoms with van der Waals surface area (Å²) in [6, 6.07) is 3.12. The van der Waals surface area contributed by atoms with Crippen LogP contribution in [0, 0.1) is 0 Å². The fraction of sp³-hybridized carbons (Fsp3) is 0. The van der Waals surface area contributed by atoms with Gasteiger partial charge in [-0.05, 0) is 17.7 Å². The molecule has 0 bridgehead atoms. The third kappa shape index (κ3) is 2.05. The molecule has 12 heavy (non-hydrogen) atoms. The predicted molar refractivity (Wildman–Crippen MR) is 53.0 cm³/mol. The van der Waals surface area contributed by atoms with Gasteiger partial charge in [0.1, 0.15) is 0 Å². The molecule has 1 rings (SSSR count). The Morgan fingerprint density at radius 1 is 1.42 bits per heavy atom. The van der Waals surface area contributed by atoms with Crippen molar-refractivity contribution < 1.29 is 0 Å². The van der Waals surface area contributed by atoms with Gasteiger partial charge in [-0.2, -0.15) is 0 Å². The van der Waals surface area contributed by atoms with Gasteiger partial charge in [-0.15, -0.1) is 0 Å². The summed E-state index contributed by atoms with van der Waals surface area (Å²) in [6.07, 6.45) is 0. The smallest absolute Gasteiger partial charge is 0.0704 e. The molecule has 0 aromatic heterocycles. The fourth-order valence-corrected chi connectivity index (χ4v) is 1.99. The Hall–Kier alpha value is -0.410. The average Bonchev–Trinajstić information content (AvgIpc) is 1.96. The molecule has 0 aliphatic carbocycles. The second kappa shape index (κ2) is 4.01. The van der Waals surface area contributed by atoms with Gasteiger partial charge in [0.25, 0.3) is 0 Å². The topological polar surface area (TPSA) is 48.8 Å². The minimum atomic E-state index is 0.326. The van der Waals surface area contributed by atoms with Gasteiger partial charge in [0.15, 0.2) is 0 Å². The van der Waals surface area contributed by atoms with Gasteiger partial charge in [-0.25, -0.2) is 0 Å². The van der Waals surface area contributed by atoms with Crippen molar-refractivity contribution >= 4 is 44.8 Å². The molecule has 0 atom stereocenters. The summed E-state index contributed by atoms with van der Waals surface area (Å²) in [5.41, 5.74) is 8.53. The monoisotopic (exact) mass is 265 g/mol. The third-order valence-corrected chi connectivity index (χ3v) is 2.24. The molecule has 1 aromatic carbocycles. The van der Waals surface area contributed by atoms with E-state index in [1.165, 1.54) is 6.07 Å². The van der Waals surface area contributed by atoms with Crippen LogP contribution in [0.4, 0.5) is 5.69 Å². The van der Waals surface area contributed by atoms with E-state index >= 15 is 0 Å². The molecular formula is C6H2BrCl2N3. The molecule has 0 aliphatic heterocycles. The first-order chi connectivity index (χ1) is 5.65. The highest BCUT2D eigenvalue weighted by Gasteiger charge is 2.04. The molecule has 3 nitrogen and oxygen atoms in total. The third-order valence-electron chi connectivity index (χ3n) is 1.13. The number of azide groups is 1. The van der Waals surface area contributed by atoms with Crippen molar-refractivity contribution in [1.82, 2.24) is 0 Å². The summed E-state index contributed by atoms with van der Waals surface area (Å²) >= 11 is 14.6. The van der Waals surface area contributed by atoms with Crippen LogP contribution in [-0.2, 0) is 0 Å². The van der Waals surface area contributed by atoms with Gasteiger partial charge in [0.05, 0.1) is 10.7 Å². The van der Waals surface area contributed by atoms with Gasteiger partial charge < -0.3 is 0 Å². The number of hydrogen-bond donors (Lipinski definition) is 0. The molecule has 6 heteroatoms. The van der Waals surface area contributed by atoms with Crippen LogP contribution in [-0.4, -0.2) is 0 Å². The Kier molecular flexibility index (Phi) is 3.23. The van der Waals surface area contributed by atoms with Gasteiger partial charge >= 0.3 is 0 Å². The van der Waals surface area contributed by atoms with E-state index in [2.05, 4.69) is 26.0 Å². The van der Waals surface area contributed by atoms with Crippen LogP contribution in [0.2, 0.25) is 10.0 Å². The lowest BCUT2D eigenvalue weighted by atomic mass is 10.3. The van der Waals surface area contributed by atoms with Gasteiger partial charge in [0.2, 0.25) is 0 Å². The molecular weight excluding hydrogens is 265 g/mol. The minimum Gasteiger partial charge on any atom is -0.0842 e. The molecule has 0 saturated heterocycles. The summed E-state index contributed by atoms with van der Waals surface area (Å²) in [6.45, 7) is 0. The number of halogens is 3. The minimum absolute atomic E-state index is 0.326. The van der Waals surface area contributed by atoms with E-state index in [4.69, 9.17) is 28.7 Å². The van der Waals surface area contributed by atoms with Crippen molar-refractivity contribution in [2.24, 2.45) is 5.11 Å². The molecule has 0 unspecified atom stereocenters. The zero-order valence-corrected chi connectivity index (χ0v) is 8.73. The van der Waals surface area contributed by atoms with Crippen molar-refractivity contribution in [3.63, 3.8) is 0 Å². The second-order valence-corrected chi connectivity index (χ2v) is 3.61. The maximum absolute atomic E-state index is 8.18. The lowest BCUT2D eigenvalue weighted by Crippen LogP contribution is -1.71. The largest absolute Gasteiger partial charge is 0.0842 e. The first-order valence-electron chi connectivity index (χ1n) is 2.85. The van der Waals surface area contributed by atoms with Crippen LogP contribution in [0.5, 0.6) is 0 Å². The number of hydrogen-bond acceptors (Lipinski definition) is 1. The van der Waals surface area contributed by atoms with E-state index in [0.29, 0.717) is 20.2 Å². The van der Waals surface area contributed by atoms with Gasteiger partial charge in [-0.1, -0.05) is 44.2 Å². The normalized spacial score (nSPS) is 9.25. The maximum Gasteiger partial charge on any atom is 0.0704 e. The highest BCUT2D eigenvalue weighted by molar-refractivity contribution is 9.10. The van der Waals surface area contributed by atoms with Crippen LogP contribution in [0.25, 0.3) is 10.4 Å². The van der Waals surface area contributed by atoms with E-state index in [-0.39, 0.29) is 0 Å². The van der Waals surface area contributed by atoms with E-state index in [1.807, 2.05) is 0 Å². The Morgan fingerprint density at radius 2 is 2.08 bits per heavy atom. The standard InChI is InChI=1S/C6H2BrCl2N3/c7-4-1-3(8)2-5(9)6(4)11-12-10/h1-2H. The van der Waals surface area contributed by atoms with Crippen molar-refractivity contribution in [2.75, 3.05) is 0 Å². The fourth-order valence-electron chi connectivity index (χ4n) is 0.675. The summed E-state index contributed by atoms with van der Waals surface area (Å²) in [4.78, 5) is 2.62. The molecule has 0 aliphatic rings. The van der Waals surface area contributed by atoms with Crippen LogP contribution in [0.3, 0.4) is 0 Å². The van der Waals surface area contributed by atoms with Crippen LogP contribution in [0.15, 0.2) is 21.7 Å². The highest BCUT2D eigenvalue weighted by Crippen LogP contribution is 2.36. The number of rotatable bonds is 1. The van der Waals surface area contributed by atoms with E-state index in [0.717, 1.165) is 0 Å². The molecule has 0 radical (unpaired) electrons. The quantitative estimate of drug-likeness (QED) is 0.402. The van der Waals surface area contributed by atoms with Crippen LogP contribution in [0.1, 0.15) is 0 Å². The zero-order chi connectivity index (χ0) is 9.14. The van der Waals surface area contributed by atoms with E-state index < -0.39 is 0 Å². The molecule has 0 spiro atoms. The van der Waals surface area contributed by atoms with Crippen molar-refractivity contribution in [3.05, 3.63) is 37.1 Å². The molecule has 1 aromatic rings. The maximum atomic E-state index is 8.18. The first kappa shape index (κ1) is 9.68. The Bertz CT molecular complexity index is 337. The molecule has 0 amide bonds. The Labute approximate surface area is 87.0 Å². The number of nitrogens with zero attached hydrogens (tertiary/aromatic N) is 3. The van der Waals surface area contributed by atoms with Crippen molar-refractivity contribution in [3.8, 4) is 0 Å². The SMILES string of the molecule is [N-]=[N+]=Nc1c(Cl)cc(Cl)cc1Br. The average molecular weight is 267 g/mol. The Balaban J connectivity index is 3.37. The van der Waals surface area contributed by atoms with Crippen molar-refractivity contribution in [2.45, 2.75) is 0 Å². The molecule has 0 N–H and O–H groups in total. The summed E-state index contributed by atoms with van der Waals surface area (Å²) in [7, 11) is 0. The summed E-state index contributed by atoms with van der Waals surface area (Å²) < 4.78 is 0.581. The predicted octanol–water partition coefficient (Wildman–Crippen LogP) is 4.70. The zero-order valence-electron chi connectivity index (χ0n) is 5.63. The number of benzene rings is 1. The first-order valence-corrected chi connectivity index (χ1v) is 4.39. The highest BCUT2D eigenvalue weighted by atomic mass is 79.9. The van der Waals surface area contributed by atoms with Gasteiger partial charge in [-0.3, -0.25) is 0 Å². The van der Waals surface area contributed by atoms with E-state index in [1.54, 1.807) is 6.07 Å². The molecule has 62 valence electrons. The molecule has 0 saturated carbocycles. The lowest BCUT2D eigenvalue weighted by molar-refractivity contribution is 1.45. The van der Waals surface area contributed by atoms with E-state index in [9.17, 15) is 0 Å². The summed E-state index contributed by atoms with van der Waals surface area (Å²) in [5, 5.41) is 4.21. The second-order valence-electron chi connectivity index (χ2n) is 1.91. The van der Waals surface area contributed by atoms with Gasteiger partial charge in [0, 0.05) is 14.4 Å². The van der Waals surface area contributed by atoms with Crippen LogP contribution < -0.4 is 0 Å². The van der Waals surface area contributed by atoms with Crippen molar-refractivity contribution in [1.29, 1.82) is 0 Å². The molecule has 0 heterocycles. The lowest BCUT2D eigenvalue weighted by Gasteiger charge is -2.00.